The number of unbranched alkanes of at least 4 members (excludes halogenated alkanes) is 1. The lowest BCUT2D eigenvalue weighted by molar-refractivity contribution is -0.169. The number of aromatic nitrogens is 1. The molecule has 0 N–H and O–H groups in total. The van der Waals surface area contributed by atoms with Crippen LogP contribution >= 0.6 is 0 Å². The van der Waals surface area contributed by atoms with Crippen LogP contribution in [0.4, 0.5) is 0 Å². The van der Waals surface area contributed by atoms with Gasteiger partial charge in [0.1, 0.15) is 12.7 Å². The van der Waals surface area contributed by atoms with Crippen molar-refractivity contribution in [3.05, 3.63) is 48.2 Å². The lowest BCUT2D eigenvalue weighted by atomic mass is 10.0. The summed E-state index contributed by atoms with van der Waals surface area (Å²) in [6.07, 6.45) is 6.54. The summed E-state index contributed by atoms with van der Waals surface area (Å²) >= 11 is 0. The molecule has 0 radical (unpaired) electrons. The molecule has 9 nitrogen and oxygen atoms in total. The maximum Gasteiger partial charge on any atom is 0.242 e. The van der Waals surface area contributed by atoms with Gasteiger partial charge in [0, 0.05) is 50.2 Å². The van der Waals surface area contributed by atoms with Gasteiger partial charge in [-0.25, -0.2) is 5.01 Å². The maximum atomic E-state index is 13.0. The predicted molar refractivity (Wildman–Crippen MR) is 134 cm³/mol. The van der Waals surface area contributed by atoms with Crippen LogP contribution in [0.5, 0.6) is 0 Å². The van der Waals surface area contributed by atoms with Crippen LogP contribution in [0, 0.1) is 0 Å². The van der Waals surface area contributed by atoms with Crippen LogP contribution in [0.1, 0.15) is 49.0 Å². The zero-order chi connectivity index (χ0) is 25.5. The largest absolute Gasteiger partial charge is 0.350 e. The third-order valence-corrected chi connectivity index (χ3v) is 6.52. The number of amides is 3. The SMILES string of the molecule is C=CCN(CC)N(C=O)C1CN(Cc2cccc3c(C(=O)CCCC)cn(C)c23)C(=O)CN1C=O. The molecule has 1 atom stereocenters. The molecule has 1 unspecified atom stereocenters. The van der Waals surface area contributed by atoms with Gasteiger partial charge in [0.05, 0.1) is 12.1 Å². The van der Waals surface area contributed by atoms with E-state index in [1.165, 1.54) is 9.91 Å². The fourth-order valence-electron chi connectivity index (χ4n) is 4.70. The first kappa shape index (κ1) is 26.2. The third kappa shape index (κ3) is 5.45. The summed E-state index contributed by atoms with van der Waals surface area (Å²) in [4.78, 5) is 52.6. The van der Waals surface area contributed by atoms with Crippen LogP contribution < -0.4 is 0 Å². The topological polar surface area (TPSA) is 86.2 Å². The highest BCUT2D eigenvalue weighted by atomic mass is 16.2. The van der Waals surface area contributed by atoms with Crippen molar-refractivity contribution < 1.29 is 19.2 Å². The van der Waals surface area contributed by atoms with Crippen molar-refractivity contribution in [2.24, 2.45) is 7.05 Å². The number of piperazine rings is 1. The molecule has 0 bridgehead atoms. The van der Waals surface area contributed by atoms with E-state index in [1.807, 2.05) is 42.9 Å². The molecular weight excluding hydrogens is 446 g/mol. The number of ketones is 1. The fourth-order valence-corrected chi connectivity index (χ4v) is 4.70. The van der Waals surface area contributed by atoms with Crippen molar-refractivity contribution in [2.45, 2.75) is 45.8 Å². The summed E-state index contributed by atoms with van der Waals surface area (Å²) in [5.41, 5.74) is 2.51. The Hall–Kier alpha value is -3.46. The Morgan fingerprint density at radius 3 is 2.66 bits per heavy atom. The van der Waals surface area contributed by atoms with Crippen LogP contribution in [-0.4, -0.2) is 81.2 Å². The highest BCUT2D eigenvalue weighted by Gasteiger charge is 2.37. The van der Waals surface area contributed by atoms with Gasteiger partial charge in [-0.1, -0.05) is 44.5 Å². The maximum absolute atomic E-state index is 13.0. The summed E-state index contributed by atoms with van der Waals surface area (Å²) < 4.78 is 1.94. The first-order valence-electron chi connectivity index (χ1n) is 12.1. The van der Waals surface area contributed by atoms with Gasteiger partial charge in [0.25, 0.3) is 0 Å². The quantitative estimate of drug-likeness (QED) is 0.190. The van der Waals surface area contributed by atoms with Crippen LogP contribution in [-0.2, 0) is 28.0 Å². The van der Waals surface area contributed by atoms with Gasteiger partial charge in [-0.05, 0) is 12.0 Å². The molecule has 9 heteroatoms. The molecule has 1 aromatic heterocycles. The molecule has 0 spiro atoms. The van der Waals surface area contributed by atoms with Crippen molar-refractivity contribution >= 4 is 35.4 Å². The molecule has 188 valence electrons. The molecule has 3 rings (SSSR count). The van der Waals surface area contributed by atoms with Crippen molar-refractivity contribution in [1.29, 1.82) is 0 Å². The van der Waals surface area contributed by atoms with E-state index in [9.17, 15) is 19.2 Å². The standard InChI is InChI=1S/C26H35N5O4/c1-5-8-12-23(34)22-15-27(4)26-20(10-9-11-21(22)26)14-28-16-24(29(18-32)17-25(28)35)31(19-33)30(7-3)13-6-2/h6,9-11,15,18-19,24H,2,5,7-8,12-14,16-17H2,1,3-4H3. The Kier molecular flexibility index (Phi) is 8.81. The van der Waals surface area contributed by atoms with Gasteiger partial charge in [-0.3, -0.25) is 24.2 Å². The predicted octanol–water partition coefficient (Wildman–Crippen LogP) is 2.56. The number of carbonyl (C=O) groups is 4. The van der Waals surface area contributed by atoms with E-state index >= 15 is 0 Å². The van der Waals surface area contributed by atoms with Gasteiger partial charge in [0.15, 0.2) is 5.78 Å². The first-order valence-corrected chi connectivity index (χ1v) is 12.1. The smallest absolute Gasteiger partial charge is 0.242 e. The Bertz CT molecular complexity index is 1090. The van der Waals surface area contributed by atoms with Crippen molar-refractivity contribution in [3.8, 4) is 0 Å². The normalized spacial score (nSPS) is 16.1. The summed E-state index contributed by atoms with van der Waals surface area (Å²) in [7, 11) is 1.90. The second-order valence-electron chi connectivity index (χ2n) is 8.81. The number of hydrazine groups is 1. The zero-order valence-electron chi connectivity index (χ0n) is 20.9. The molecular formula is C26H35N5O4. The summed E-state index contributed by atoms with van der Waals surface area (Å²) in [6.45, 7) is 9.05. The number of Topliss-reactive ketones (excluding diaryl/α,β-unsaturated/α-hetero) is 1. The molecule has 1 aliphatic rings. The molecule has 0 aliphatic carbocycles. The number of aryl methyl sites for hydroxylation is 1. The molecule has 0 saturated carbocycles. The summed E-state index contributed by atoms with van der Waals surface area (Å²) in [5.74, 6) is -0.0785. The monoisotopic (exact) mass is 481 g/mol. The second kappa shape index (κ2) is 11.8. The number of hydrogen-bond acceptors (Lipinski definition) is 5. The van der Waals surface area contributed by atoms with Gasteiger partial charge in [-0.2, -0.15) is 0 Å². The average Bonchev–Trinajstić information content (AvgIpc) is 3.21. The fraction of sp³-hybridized carbons (Fsp3) is 0.462. The third-order valence-electron chi connectivity index (χ3n) is 6.52. The lowest BCUT2D eigenvalue weighted by Crippen LogP contribution is -2.64. The molecule has 2 heterocycles. The minimum atomic E-state index is -0.624. The Labute approximate surface area is 206 Å². The average molecular weight is 482 g/mol. The minimum Gasteiger partial charge on any atom is -0.350 e. The summed E-state index contributed by atoms with van der Waals surface area (Å²) in [5, 5.41) is 4.11. The molecule has 2 aromatic rings. The highest BCUT2D eigenvalue weighted by Crippen LogP contribution is 2.27. The molecule has 3 amide bonds. The van der Waals surface area contributed by atoms with Crippen LogP contribution in [0.25, 0.3) is 10.9 Å². The number of para-hydroxylation sites is 1. The minimum absolute atomic E-state index is 0.117. The van der Waals surface area contributed by atoms with Crippen molar-refractivity contribution in [2.75, 3.05) is 26.2 Å². The molecule has 1 aliphatic heterocycles. The van der Waals surface area contributed by atoms with Crippen molar-refractivity contribution in [3.63, 3.8) is 0 Å². The number of carbonyl (C=O) groups excluding carboxylic acids is 4. The van der Waals surface area contributed by atoms with Gasteiger partial charge in [-0.15, -0.1) is 6.58 Å². The number of benzene rings is 1. The number of likely N-dealkylation sites (N-methyl/N-ethyl adjacent to an activating group) is 1. The Morgan fingerprint density at radius 2 is 2.03 bits per heavy atom. The van der Waals surface area contributed by atoms with E-state index < -0.39 is 6.17 Å². The van der Waals surface area contributed by atoms with E-state index in [0.29, 0.717) is 44.4 Å². The number of fused-ring (bicyclic) bond motifs is 1. The van der Waals surface area contributed by atoms with Crippen LogP contribution in [0.2, 0.25) is 0 Å². The van der Waals surface area contributed by atoms with Gasteiger partial charge >= 0.3 is 0 Å². The second-order valence-corrected chi connectivity index (χ2v) is 8.81. The molecule has 1 saturated heterocycles. The van der Waals surface area contributed by atoms with E-state index in [4.69, 9.17) is 0 Å². The Morgan fingerprint density at radius 1 is 1.26 bits per heavy atom. The van der Waals surface area contributed by atoms with Gasteiger partial charge < -0.3 is 14.4 Å². The van der Waals surface area contributed by atoms with E-state index in [0.717, 1.165) is 29.3 Å². The van der Waals surface area contributed by atoms with Gasteiger partial charge in [0.2, 0.25) is 18.7 Å². The molecule has 1 aromatic carbocycles. The van der Waals surface area contributed by atoms with Crippen molar-refractivity contribution in [1.82, 2.24) is 24.4 Å². The van der Waals surface area contributed by atoms with Crippen LogP contribution in [0.15, 0.2) is 37.1 Å². The molecule has 1 fully saturated rings. The number of hydrogen-bond donors (Lipinski definition) is 0. The highest BCUT2D eigenvalue weighted by molar-refractivity contribution is 6.08. The zero-order valence-corrected chi connectivity index (χ0v) is 20.9. The number of nitrogens with zero attached hydrogens (tertiary/aromatic N) is 5. The number of rotatable bonds is 13. The lowest BCUT2D eigenvalue weighted by Gasteiger charge is -2.46. The first-order chi connectivity index (χ1) is 16.9. The van der Waals surface area contributed by atoms with E-state index in [-0.39, 0.29) is 24.8 Å². The van der Waals surface area contributed by atoms with Crippen LogP contribution in [0.3, 0.4) is 0 Å². The Balaban J connectivity index is 1.92. The van der Waals surface area contributed by atoms with E-state index in [1.54, 1.807) is 16.0 Å². The van der Waals surface area contributed by atoms with E-state index in [2.05, 4.69) is 13.5 Å². The summed E-state index contributed by atoms with van der Waals surface area (Å²) in [6, 6.07) is 5.79. The molecule has 35 heavy (non-hydrogen) atoms.